The first kappa shape index (κ1) is 26.8. The molecule has 0 atom stereocenters. The number of carbonyl (C=O) groups is 1. The quantitative estimate of drug-likeness (QED) is 0.151. The average molecular weight is 601 g/mol. The molecule has 6 aromatic rings. The Kier molecular flexibility index (Phi) is 7.35. The van der Waals surface area contributed by atoms with Crippen molar-refractivity contribution in [3.63, 3.8) is 0 Å². The number of pyridine rings is 3. The van der Waals surface area contributed by atoms with Crippen molar-refractivity contribution in [2.75, 3.05) is 5.32 Å². The summed E-state index contributed by atoms with van der Waals surface area (Å²) in [7, 11) is 0. The molecule has 0 fully saturated rings. The lowest BCUT2D eigenvalue weighted by Crippen LogP contribution is -2.32. The zero-order valence-corrected chi connectivity index (χ0v) is 23.9. The van der Waals surface area contributed by atoms with E-state index >= 15 is 0 Å². The molecule has 0 spiro atoms. The van der Waals surface area contributed by atoms with Crippen molar-refractivity contribution in [2.24, 2.45) is 0 Å². The molecule has 0 aliphatic carbocycles. The van der Waals surface area contributed by atoms with Crippen LogP contribution in [0.1, 0.15) is 27.0 Å². The summed E-state index contributed by atoms with van der Waals surface area (Å²) in [5, 5.41) is 21.2. The SMILES string of the molecule is Cc1cccn2c(=O)c3cc(C(=O)Nc4nnc(SCc5ccccc5Cl)s4)c(=N)n(Cc4ccncc4)c3nc12. The molecule has 1 amide bonds. The molecule has 0 bridgehead atoms. The van der Waals surface area contributed by atoms with Crippen LogP contribution in [0.3, 0.4) is 0 Å². The predicted molar refractivity (Wildman–Crippen MR) is 160 cm³/mol. The van der Waals surface area contributed by atoms with Gasteiger partial charge in [0, 0.05) is 29.4 Å². The van der Waals surface area contributed by atoms with Gasteiger partial charge in [-0.05, 0) is 53.9 Å². The Hall–Kier alpha value is -4.39. The van der Waals surface area contributed by atoms with Crippen molar-refractivity contribution in [3.8, 4) is 0 Å². The van der Waals surface area contributed by atoms with E-state index in [-0.39, 0.29) is 33.7 Å². The summed E-state index contributed by atoms with van der Waals surface area (Å²) in [6.45, 7) is 2.09. The second kappa shape index (κ2) is 11.2. The molecule has 1 aromatic carbocycles. The predicted octanol–water partition coefficient (Wildman–Crippen LogP) is 4.93. The highest BCUT2D eigenvalue weighted by molar-refractivity contribution is 8.00. The van der Waals surface area contributed by atoms with Crippen molar-refractivity contribution in [2.45, 2.75) is 23.6 Å². The first-order valence-corrected chi connectivity index (χ1v) is 14.6. The number of hydrogen-bond acceptors (Lipinski definition) is 9. The van der Waals surface area contributed by atoms with Gasteiger partial charge in [0.25, 0.3) is 11.5 Å². The van der Waals surface area contributed by atoms with Crippen LogP contribution in [-0.2, 0) is 12.3 Å². The summed E-state index contributed by atoms with van der Waals surface area (Å²) in [5.74, 6) is 0.0244. The molecular formula is C28H21ClN8O2S2. The van der Waals surface area contributed by atoms with Crippen LogP contribution in [0, 0.1) is 12.3 Å². The topological polar surface area (TPSA) is 131 Å². The summed E-state index contributed by atoms with van der Waals surface area (Å²) >= 11 is 8.92. The maximum absolute atomic E-state index is 13.6. The molecule has 2 N–H and O–H groups in total. The minimum Gasteiger partial charge on any atom is -0.306 e. The molecule has 204 valence electrons. The molecule has 0 saturated heterocycles. The Labute approximate surface area is 246 Å². The third-order valence-corrected chi connectivity index (χ3v) is 8.79. The smallest absolute Gasteiger partial charge is 0.267 e. The second-order valence-corrected chi connectivity index (χ2v) is 11.7. The zero-order chi connectivity index (χ0) is 28.5. The number of benzene rings is 1. The average Bonchev–Trinajstić information content (AvgIpc) is 3.42. The van der Waals surface area contributed by atoms with Crippen LogP contribution in [0.4, 0.5) is 5.13 Å². The van der Waals surface area contributed by atoms with Crippen molar-refractivity contribution in [1.82, 2.24) is 29.1 Å². The van der Waals surface area contributed by atoms with E-state index in [1.54, 1.807) is 29.2 Å². The van der Waals surface area contributed by atoms with Crippen LogP contribution in [0.2, 0.25) is 5.02 Å². The van der Waals surface area contributed by atoms with Gasteiger partial charge < -0.3 is 4.57 Å². The van der Waals surface area contributed by atoms with Gasteiger partial charge in [0.15, 0.2) is 4.34 Å². The second-order valence-electron chi connectivity index (χ2n) is 9.09. The van der Waals surface area contributed by atoms with E-state index in [0.717, 1.165) is 16.7 Å². The Morgan fingerprint density at radius 3 is 2.71 bits per heavy atom. The fraction of sp³-hybridized carbons (Fsp3) is 0.107. The minimum absolute atomic E-state index is 0.0125. The number of rotatable bonds is 7. The maximum Gasteiger partial charge on any atom is 0.267 e. The lowest BCUT2D eigenvalue weighted by molar-refractivity contribution is 0.102. The normalized spacial score (nSPS) is 11.3. The molecule has 0 aliphatic heterocycles. The number of aryl methyl sites for hydroxylation is 1. The third-order valence-electron chi connectivity index (χ3n) is 6.40. The number of aromatic nitrogens is 6. The Morgan fingerprint density at radius 1 is 1.10 bits per heavy atom. The molecular weight excluding hydrogens is 580 g/mol. The van der Waals surface area contributed by atoms with Crippen molar-refractivity contribution in [3.05, 3.63) is 116 Å². The maximum atomic E-state index is 13.6. The summed E-state index contributed by atoms with van der Waals surface area (Å²) < 4.78 is 3.67. The van der Waals surface area contributed by atoms with Gasteiger partial charge in [-0.1, -0.05) is 59.0 Å². The van der Waals surface area contributed by atoms with Gasteiger partial charge in [-0.3, -0.25) is 29.7 Å². The van der Waals surface area contributed by atoms with Crippen molar-refractivity contribution >= 4 is 62.4 Å². The summed E-state index contributed by atoms with van der Waals surface area (Å²) in [5.41, 5.74) is 3.02. The molecule has 10 nitrogen and oxygen atoms in total. The van der Waals surface area contributed by atoms with Gasteiger partial charge in [-0.15, -0.1) is 10.2 Å². The Balaban J connectivity index is 1.37. The number of thioether (sulfide) groups is 1. The number of halogens is 1. The molecule has 5 heterocycles. The lowest BCUT2D eigenvalue weighted by atomic mass is 10.1. The number of anilines is 1. The van der Waals surface area contributed by atoms with Gasteiger partial charge in [-0.2, -0.15) is 0 Å². The van der Waals surface area contributed by atoms with Crippen molar-refractivity contribution < 1.29 is 4.79 Å². The first-order chi connectivity index (χ1) is 19.9. The van der Waals surface area contributed by atoms with Crippen LogP contribution < -0.4 is 16.4 Å². The Bertz CT molecular complexity index is 2060. The van der Waals surface area contributed by atoms with Gasteiger partial charge in [0.05, 0.1) is 17.5 Å². The molecule has 5 aromatic heterocycles. The minimum atomic E-state index is -0.576. The standard InChI is InChI=1S/C28H21ClN8O2S2/c1-16-5-4-12-36-23(16)32-24-20(26(36)39)13-19(22(30)37(24)14-17-8-10-31-11-9-17)25(38)33-27-34-35-28(41-27)40-15-18-6-2-3-7-21(18)29/h2-13,30H,14-15H2,1H3,(H,33,34,38). The van der Waals surface area contributed by atoms with Crippen LogP contribution >= 0.6 is 34.7 Å². The van der Waals surface area contributed by atoms with E-state index in [0.29, 0.717) is 26.4 Å². The fourth-order valence-electron chi connectivity index (χ4n) is 4.33. The number of nitrogens with one attached hydrogen (secondary N) is 2. The molecule has 0 unspecified atom stereocenters. The van der Waals surface area contributed by atoms with Crippen LogP contribution in [0.25, 0.3) is 16.7 Å². The lowest BCUT2D eigenvalue weighted by Gasteiger charge is -2.15. The highest BCUT2D eigenvalue weighted by Gasteiger charge is 2.20. The van der Waals surface area contributed by atoms with Crippen molar-refractivity contribution in [1.29, 1.82) is 5.41 Å². The molecule has 0 aliphatic rings. The number of amides is 1. The van der Waals surface area contributed by atoms with E-state index in [2.05, 4.69) is 20.5 Å². The van der Waals surface area contributed by atoms with E-state index in [9.17, 15) is 9.59 Å². The molecule has 0 saturated carbocycles. The van der Waals surface area contributed by atoms with Gasteiger partial charge in [-0.25, -0.2) is 4.98 Å². The number of nitrogens with zero attached hydrogens (tertiary/aromatic N) is 6. The molecule has 41 heavy (non-hydrogen) atoms. The van der Waals surface area contributed by atoms with Gasteiger partial charge in [0.2, 0.25) is 5.13 Å². The number of fused-ring (bicyclic) bond motifs is 2. The van der Waals surface area contributed by atoms with Gasteiger partial charge >= 0.3 is 0 Å². The highest BCUT2D eigenvalue weighted by atomic mass is 35.5. The van der Waals surface area contributed by atoms with Gasteiger partial charge in [0.1, 0.15) is 16.8 Å². The third kappa shape index (κ3) is 5.36. The summed E-state index contributed by atoms with van der Waals surface area (Å²) in [6.07, 6.45) is 4.94. The largest absolute Gasteiger partial charge is 0.306 e. The van der Waals surface area contributed by atoms with E-state index in [1.165, 1.54) is 33.6 Å². The first-order valence-electron chi connectivity index (χ1n) is 12.4. The van der Waals surface area contributed by atoms with Crippen LogP contribution in [0.5, 0.6) is 0 Å². The van der Waals surface area contributed by atoms with Crippen LogP contribution in [0.15, 0.2) is 82.3 Å². The van der Waals surface area contributed by atoms with E-state index < -0.39 is 5.91 Å². The monoisotopic (exact) mass is 600 g/mol. The summed E-state index contributed by atoms with van der Waals surface area (Å²) in [4.78, 5) is 35.9. The summed E-state index contributed by atoms with van der Waals surface area (Å²) in [6, 6.07) is 16.3. The van der Waals surface area contributed by atoms with Crippen LogP contribution in [-0.4, -0.2) is 35.0 Å². The molecule has 13 heteroatoms. The highest BCUT2D eigenvalue weighted by Crippen LogP contribution is 2.30. The number of hydrogen-bond donors (Lipinski definition) is 2. The zero-order valence-electron chi connectivity index (χ0n) is 21.5. The van der Waals surface area contributed by atoms with E-state index in [1.807, 2.05) is 49.4 Å². The number of carbonyl (C=O) groups excluding carboxylic acids is 1. The molecule has 6 rings (SSSR count). The fourth-order valence-corrected chi connectivity index (χ4v) is 6.37. The Morgan fingerprint density at radius 2 is 1.90 bits per heavy atom. The molecule has 0 radical (unpaired) electrons. The van der Waals surface area contributed by atoms with E-state index in [4.69, 9.17) is 22.0 Å².